The molecule has 1 aliphatic rings. The van der Waals surface area contributed by atoms with Gasteiger partial charge in [-0.1, -0.05) is 12.1 Å². The fraction of sp³-hybridized carbons (Fsp3) is 0.304. The number of nitrogens with one attached hydrogen (secondary N) is 3. The topological polar surface area (TPSA) is 118 Å². The van der Waals surface area contributed by atoms with E-state index < -0.39 is 27.6 Å². The molecule has 0 spiro atoms. The van der Waals surface area contributed by atoms with Gasteiger partial charge in [-0.15, -0.1) is 0 Å². The van der Waals surface area contributed by atoms with Gasteiger partial charge < -0.3 is 25.0 Å². The van der Waals surface area contributed by atoms with E-state index in [1.54, 1.807) is 18.2 Å². The fourth-order valence-electron chi connectivity index (χ4n) is 3.68. The summed E-state index contributed by atoms with van der Waals surface area (Å²) >= 11 is 0. The number of alkyl halides is 3. The van der Waals surface area contributed by atoms with Crippen LogP contribution in [0.4, 0.5) is 47.7 Å². The van der Waals surface area contributed by atoms with Crippen LogP contribution in [0, 0.1) is 0 Å². The molecule has 2 heterocycles. The zero-order chi connectivity index (χ0) is 26.6. The molecule has 0 amide bonds. The second-order valence-electron chi connectivity index (χ2n) is 8.11. The molecule has 0 bridgehead atoms. The van der Waals surface area contributed by atoms with Gasteiger partial charge in [0.05, 0.1) is 43.6 Å². The Bertz CT molecular complexity index is 1360. The smallest absolute Gasteiger partial charge is 0.421 e. The fourth-order valence-corrected chi connectivity index (χ4v) is 4.25. The van der Waals surface area contributed by atoms with Gasteiger partial charge in [-0.25, -0.2) is 13.4 Å². The van der Waals surface area contributed by atoms with Crippen molar-refractivity contribution in [1.29, 1.82) is 0 Å². The Hall–Kier alpha value is -3.78. The Balaban J connectivity index is 1.65. The number of hydrogen-bond donors (Lipinski definition) is 3. The zero-order valence-corrected chi connectivity index (χ0v) is 20.8. The Morgan fingerprint density at radius 1 is 1.03 bits per heavy atom. The molecule has 0 unspecified atom stereocenters. The number of halogens is 3. The Labute approximate surface area is 211 Å². The van der Waals surface area contributed by atoms with Crippen LogP contribution in [-0.2, 0) is 20.9 Å². The van der Waals surface area contributed by atoms with Crippen LogP contribution in [-0.4, -0.2) is 58.1 Å². The van der Waals surface area contributed by atoms with Gasteiger partial charge in [0, 0.05) is 31.0 Å². The van der Waals surface area contributed by atoms with E-state index in [0.29, 0.717) is 30.8 Å². The molecule has 0 saturated carbocycles. The van der Waals surface area contributed by atoms with Crippen molar-refractivity contribution >= 4 is 44.5 Å². The van der Waals surface area contributed by atoms with Crippen molar-refractivity contribution < 1.29 is 31.1 Å². The number of hydrogen-bond acceptors (Lipinski definition) is 9. The van der Waals surface area contributed by atoms with E-state index in [4.69, 9.17) is 9.47 Å². The molecule has 1 aromatic heterocycles. The summed E-state index contributed by atoms with van der Waals surface area (Å²) < 4.78 is 77.7. The minimum Gasteiger partial charge on any atom is -0.494 e. The summed E-state index contributed by atoms with van der Waals surface area (Å²) in [6.07, 6.45) is -3.17. The van der Waals surface area contributed by atoms with Gasteiger partial charge >= 0.3 is 6.18 Å². The van der Waals surface area contributed by atoms with Gasteiger partial charge in [0.15, 0.2) is 0 Å². The number of benzene rings is 2. The van der Waals surface area contributed by atoms with Crippen LogP contribution in [0.25, 0.3) is 0 Å². The third-order valence-corrected chi connectivity index (χ3v) is 5.97. The number of rotatable bonds is 8. The first-order chi connectivity index (χ1) is 17.5. The summed E-state index contributed by atoms with van der Waals surface area (Å²) in [4.78, 5) is 10.0. The maximum Gasteiger partial charge on any atom is 0.421 e. The van der Waals surface area contributed by atoms with E-state index in [1.807, 2.05) is 12.1 Å². The van der Waals surface area contributed by atoms with E-state index >= 15 is 0 Å². The predicted molar refractivity (Wildman–Crippen MR) is 135 cm³/mol. The summed E-state index contributed by atoms with van der Waals surface area (Å²) in [7, 11) is -2.20. The van der Waals surface area contributed by atoms with E-state index in [9.17, 15) is 21.6 Å². The van der Waals surface area contributed by atoms with Crippen LogP contribution < -0.4 is 25.0 Å². The average molecular weight is 539 g/mol. The molecule has 14 heteroatoms. The van der Waals surface area contributed by atoms with Crippen molar-refractivity contribution in [2.75, 3.05) is 59.9 Å². The highest BCUT2D eigenvalue weighted by molar-refractivity contribution is 7.92. The van der Waals surface area contributed by atoms with Crippen molar-refractivity contribution in [2.45, 2.75) is 6.18 Å². The maximum absolute atomic E-state index is 13.7. The number of sulfonamides is 1. The second-order valence-corrected chi connectivity index (χ2v) is 9.86. The largest absolute Gasteiger partial charge is 0.494 e. The van der Waals surface area contributed by atoms with Gasteiger partial charge in [-0.2, -0.15) is 18.2 Å². The minimum absolute atomic E-state index is 0.0617. The highest BCUT2D eigenvalue weighted by Gasteiger charge is 2.35. The normalized spacial score (nSPS) is 14.2. The molecule has 3 N–H and O–H groups in total. The van der Waals surface area contributed by atoms with Gasteiger partial charge in [-0.05, 0) is 24.3 Å². The maximum atomic E-state index is 13.7. The Kier molecular flexibility index (Phi) is 7.59. The van der Waals surface area contributed by atoms with E-state index in [1.165, 1.54) is 19.2 Å². The van der Waals surface area contributed by atoms with Crippen LogP contribution >= 0.6 is 0 Å². The quantitative estimate of drug-likeness (QED) is 0.388. The van der Waals surface area contributed by atoms with Gasteiger partial charge in [0.25, 0.3) is 0 Å². The van der Waals surface area contributed by atoms with Crippen LogP contribution in [0.15, 0.2) is 48.7 Å². The van der Waals surface area contributed by atoms with Gasteiger partial charge in [0.1, 0.15) is 17.1 Å². The van der Waals surface area contributed by atoms with Gasteiger partial charge in [0.2, 0.25) is 16.0 Å². The Morgan fingerprint density at radius 2 is 1.73 bits per heavy atom. The summed E-state index contributed by atoms with van der Waals surface area (Å²) in [5, 5.41) is 5.49. The van der Waals surface area contributed by atoms with Crippen molar-refractivity contribution in [2.24, 2.45) is 0 Å². The number of methoxy groups -OCH3 is 1. The van der Waals surface area contributed by atoms with Gasteiger partial charge in [-0.3, -0.25) is 4.72 Å². The van der Waals surface area contributed by atoms with Crippen LogP contribution in [0.3, 0.4) is 0 Å². The monoisotopic (exact) mass is 538 g/mol. The number of anilines is 6. The number of ether oxygens (including phenoxy) is 2. The van der Waals surface area contributed by atoms with Crippen LogP contribution in [0.5, 0.6) is 5.75 Å². The molecule has 198 valence electrons. The third kappa shape index (κ3) is 6.71. The first-order valence-electron chi connectivity index (χ1n) is 11.1. The molecule has 1 fully saturated rings. The summed E-state index contributed by atoms with van der Waals surface area (Å²) in [5.41, 5.74) is 0.379. The van der Waals surface area contributed by atoms with Crippen molar-refractivity contribution in [3.05, 3.63) is 54.2 Å². The second kappa shape index (κ2) is 10.7. The first kappa shape index (κ1) is 26.3. The molecular weight excluding hydrogens is 513 g/mol. The van der Waals surface area contributed by atoms with Crippen LogP contribution in [0.1, 0.15) is 5.56 Å². The number of nitrogens with zero attached hydrogens (tertiary/aromatic N) is 3. The summed E-state index contributed by atoms with van der Waals surface area (Å²) in [5.74, 6) is -0.233. The lowest BCUT2D eigenvalue weighted by Gasteiger charge is -2.29. The van der Waals surface area contributed by atoms with Crippen molar-refractivity contribution in [3.63, 3.8) is 0 Å². The molecule has 4 rings (SSSR count). The SMILES string of the molecule is COc1cc(N2CCOCC2)ccc1Nc1ncc(C(F)(F)F)c(Nc2ccccc2NS(C)(=O)=O)n1. The molecule has 1 saturated heterocycles. The highest BCUT2D eigenvalue weighted by Crippen LogP contribution is 2.37. The summed E-state index contributed by atoms with van der Waals surface area (Å²) in [6, 6.07) is 11.3. The number of para-hydroxylation sites is 2. The molecule has 10 nitrogen and oxygen atoms in total. The molecule has 0 aliphatic carbocycles. The standard InChI is InChI=1S/C23H25F3N6O4S/c1-35-20-13-15(32-9-11-36-12-10-32)7-8-19(20)29-22-27-14-16(23(24,25)26)21(30-22)28-17-5-3-4-6-18(17)31-37(2,33)34/h3-8,13-14,31H,9-12H2,1-2H3,(H2,27,28,29,30). The lowest BCUT2D eigenvalue weighted by molar-refractivity contribution is -0.137. The molecule has 0 atom stereocenters. The lowest BCUT2D eigenvalue weighted by Crippen LogP contribution is -2.36. The van der Waals surface area contributed by atoms with E-state index in [-0.39, 0.29) is 17.3 Å². The number of aromatic nitrogens is 2. The molecule has 1 aliphatic heterocycles. The Morgan fingerprint density at radius 3 is 2.38 bits per heavy atom. The van der Waals surface area contributed by atoms with Crippen molar-refractivity contribution in [1.82, 2.24) is 9.97 Å². The minimum atomic E-state index is -4.77. The first-order valence-corrected chi connectivity index (χ1v) is 13.0. The van der Waals surface area contributed by atoms with Crippen molar-refractivity contribution in [3.8, 4) is 5.75 Å². The molecular formula is C23H25F3N6O4S. The summed E-state index contributed by atoms with van der Waals surface area (Å²) in [6.45, 7) is 2.67. The third-order valence-electron chi connectivity index (χ3n) is 5.38. The van der Waals surface area contributed by atoms with Crippen LogP contribution in [0.2, 0.25) is 0 Å². The average Bonchev–Trinajstić information content (AvgIpc) is 2.84. The molecule has 37 heavy (non-hydrogen) atoms. The molecule has 0 radical (unpaired) electrons. The zero-order valence-electron chi connectivity index (χ0n) is 20.0. The van der Waals surface area contributed by atoms with E-state index in [2.05, 4.69) is 30.2 Å². The van der Waals surface area contributed by atoms with E-state index in [0.717, 1.165) is 25.0 Å². The highest BCUT2D eigenvalue weighted by atomic mass is 32.2. The lowest BCUT2D eigenvalue weighted by atomic mass is 10.2. The molecule has 3 aromatic rings. The molecule has 2 aromatic carbocycles. The number of morpholine rings is 1. The predicted octanol–water partition coefficient (Wildman–Crippen LogP) is 4.20.